The molecule has 0 amide bonds. The van der Waals surface area contributed by atoms with Crippen LogP contribution in [0.15, 0.2) is 23.4 Å². The minimum Gasteiger partial charge on any atom is -0.394 e. The molecule has 0 radical (unpaired) electrons. The fraction of sp³-hybridized carbons (Fsp3) is 0.222. The van der Waals surface area contributed by atoms with E-state index >= 15 is 0 Å². The van der Waals surface area contributed by atoms with Gasteiger partial charge in [-0.25, -0.2) is 0 Å². The zero-order valence-electron chi connectivity index (χ0n) is 7.66. The van der Waals surface area contributed by atoms with Gasteiger partial charge in [-0.3, -0.25) is 0 Å². The van der Waals surface area contributed by atoms with Gasteiger partial charge in [-0.15, -0.1) is 5.16 Å². The van der Waals surface area contributed by atoms with E-state index in [0.29, 0.717) is 6.61 Å². The number of anilines is 1. The van der Waals surface area contributed by atoms with E-state index in [1.54, 1.807) is 0 Å². The van der Waals surface area contributed by atoms with Gasteiger partial charge in [0.1, 0.15) is 6.61 Å². The van der Waals surface area contributed by atoms with Crippen LogP contribution in [0.1, 0.15) is 5.56 Å². The Morgan fingerprint density at radius 3 is 2.92 bits per heavy atom. The molecule has 0 unspecified atom stereocenters. The summed E-state index contributed by atoms with van der Waals surface area (Å²) in [5.74, 6) is 0. The summed E-state index contributed by atoms with van der Waals surface area (Å²) in [6, 6.07) is 5.79. The van der Waals surface area contributed by atoms with Crippen LogP contribution in [0.2, 0.25) is 0 Å². The molecular weight excluding hydrogens is 166 g/mol. The summed E-state index contributed by atoms with van der Waals surface area (Å²) in [6.45, 7) is 3.64. The molecule has 0 aliphatic carbocycles. The summed E-state index contributed by atoms with van der Waals surface area (Å²) in [4.78, 5) is 4.80. The van der Waals surface area contributed by atoms with Crippen molar-refractivity contribution >= 4 is 18.1 Å². The van der Waals surface area contributed by atoms with Crippen LogP contribution in [-0.2, 0) is 11.4 Å². The fourth-order valence-corrected chi connectivity index (χ4v) is 1.10. The Bertz CT molecular complexity index is 299. The zero-order chi connectivity index (χ0) is 9.68. The maximum Gasteiger partial charge on any atom is 0.152 e. The van der Waals surface area contributed by atoms with Crippen LogP contribution >= 0.6 is 0 Å². The van der Waals surface area contributed by atoms with Gasteiger partial charge in [0.15, 0.2) is 5.69 Å². The van der Waals surface area contributed by atoms with E-state index in [4.69, 9.17) is 10.6 Å². The quantitative estimate of drug-likeness (QED) is 0.395. The molecule has 0 fully saturated rings. The third kappa shape index (κ3) is 2.45. The van der Waals surface area contributed by atoms with Gasteiger partial charge < -0.3 is 15.9 Å². The van der Waals surface area contributed by atoms with Gasteiger partial charge in [-0.05, 0) is 17.7 Å². The lowest BCUT2D eigenvalue weighted by Gasteiger charge is -2.03. The number of hydrogen-bond acceptors (Lipinski definition) is 3. The van der Waals surface area contributed by atoms with Crippen molar-refractivity contribution in [3.63, 3.8) is 0 Å². The van der Waals surface area contributed by atoms with E-state index in [1.165, 1.54) is 0 Å². The molecular formula is C9H14N3O+. The van der Waals surface area contributed by atoms with Crippen LogP contribution in [0.3, 0.4) is 0 Å². The van der Waals surface area contributed by atoms with Crippen LogP contribution in [0.5, 0.6) is 0 Å². The summed E-state index contributed by atoms with van der Waals surface area (Å²) >= 11 is 0. The Morgan fingerprint density at radius 2 is 2.38 bits per heavy atom. The molecule has 13 heavy (non-hydrogen) atoms. The molecule has 0 aliphatic heterocycles. The number of rotatable bonds is 4. The molecule has 1 aromatic rings. The minimum atomic E-state index is 0.414. The van der Waals surface area contributed by atoms with Crippen molar-refractivity contribution in [2.24, 2.45) is 5.16 Å². The highest BCUT2D eigenvalue weighted by molar-refractivity contribution is 5.58. The highest BCUT2D eigenvalue weighted by atomic mass is 16.6. The number of benzene rings is 1. The minimum absolute atomic E-state index is 0.414. The first-order chi connectivity index (χ1) is 6.27. The van der Waals surface area contributed by atoms with Gasteiger partial charge in [0.05, 0.1) is 12.7 Å². The third-order valence-corrected chi connectivity index (χ3v) is 1.78. The van der Waals surface area contributed by atoms with E-state index in [0.717, 1.165) is 16.9 Å². The van der Waals surface area contributed by atoms with Crippen LogP contribution in [0, 0.1) is 0 Å². The van der Waals surface area contributed by atoms with E-state index in [2.05, 4.69) is 11.9 Å². The topological polar surface area (TPSA) is 64.2 Å². The van der Waals surface area contributed by atoms with Gasteiger partial charge in [0, 0.05) is 12.8 Å². The highest BCUT2D eigenvalue weighted by Crippen LogP contribution is 2.15. The predicted octanol–water partition coefficient (Wildman–Crippen LogP) is 0.226. The maximum atomic E-state index is 5.77. The standard InChI is InChI=1S/C9H13N3O/c1-11-9-4-3-7(5-8(9)10)6-13-12-2/h3-5,11H,2,6,10H2,1H3/p+1. The smallest absolute Gasteiger partial charge is 0.152 e. The van der Waals surface area contributed by atoms with Crippen molar-refractivity contribution in [2.75, 3.05) is 12.8 Å². The first-order valence-corrected chi connectivity index (χ1v) is 4.03. The van der Waals surface area contributed by atoms with Crippen molar-refractivity contribution < 1.29 is 10.2 Å². The van der Waals surface area contributed by atoms with Gasteiger partial charge >= 0.3 is 0 Å². The molecule has 0 aliphatic rings. The monoisotopic (exact) mass is 180 g/mol. The van der Waals surface area contributed by atoms with Crippen LogP contribution < -0.4 is 11.1 Å². The first kappa shape index (κ1) is 9.54. The predicted molar refractivity (Wildman–Crippen MR) is 52.7 cm³/mol. The number of quaternary nitrogens is 1. The van der Waals surface area contributed by atoms with Crippen molar-refractivity contribution in [2.45, 2.75) is 6.61 Å². The second-order valence-corrected chi connectivity index (χ2v) is 2.65. The van der Waals surface area contributed by atoms with Gasteiger partial charge in [-0.2, -0.15) is 0 Å². The molecule has 0 saturated heterocycles. The summed E-state index contributed by atoms with van der Waals surface area (Å²) in [5.41, 5.74) is 8.56. The summed E-state index contributed by atoms with van der Waals surface area (Å²) in [5, 5.41) is 5.27. The Labute approximate surface area is 77.4 Å². The van der Waals surface area contributed by atoms with Crippen molar-refractivity contribution in [1.82, 2.24) is 0 Å². The Balaban J connectivity index is 2.76. The maximum absolute atomic E-state index is 5.77. The van der Waals surface area contributed by atoms with E-state index in [1.807, 2.05) is 30.6 Å². The molecule has 4 heteroatoms. The Morgan fingerprint density at radius 1 is 1.62 bits per heavy atom. The normalized spacial score (nSPS) is 9.62. The van der Waals surface area contributed by atoms with Crippen LogP contribution in [0.4, 0.5) is 11.4 Å². The molecule has 0 aromatic heterocycles. The Hall–Kier alpha value is -1.55. The number of hydrogen-bond donors (Lipinski definition) is 2. The van der Waals surface area contributed by atoms with Crippen molar-refractivity contribution in [3.8, 4) is 0 Å². The summed E-state index contributed by atoms with van der Waals surface area (Å²) in [7, 11) is 1.95. The lowest BCUT2D eigenvalue weighted by atomic mass is 10.2. The average molecular weight is 180 g/mol. The third-order valence-electron chi connectivity index (χ3n) is 1.78. The SMILES string of the molecule is C=NOCc1ccc([NH2+]C)c(N)c1. The molecule has 1 aromatic carbocycles. The molecule has 70 valence electrons. The summed E-state index contributed by atoms with van der Waals surface area (Å²) in [6.07, 6.45) is 0. The molecule has 0 saturated carbocycles. The Kier molecular flexibility index (Phi) is 3.28. The molecule has 0 spiro atoms. The zero-order valence-corrected chi connectivity index (χ0v) is 7.66. The van der Waals surface area contributed by atoms with Gasteiger partial charge in [0.2, 0.25) is 0 Å². The number of oxime groups is 1. The van der Waals surface area contributed by atoms with E-state index in [-0.39, 0.29) is 0 Å². The molecule has 4 nitrogen and oxygen atoms in total. The summed E-state index contributed by atoms with van der Waals surface area (Å²) < 4.78 is 0. The number of nitrogens with zero attached hydrogens (tertiary/aromatic N) is 1. The largest absolute Gasteiger partial charge is 0.394 e. The van der Waals surface area contributed by atoms with E-state index in [9.17, 15) is 0 Å². The van der Waals surface area contributed by atoms with Gasteiger partial charge in [0.25, 0.3) is 0 Å². The number of nitrogen functional groups attached to an aromatic ring is 1. The fourth-order valence-electron chi connectivity index (χ4n) is 1.10. The molecule has 0 bridgehead atoms. The molecule has 4 N–H and O–H groups in total. The molecule has 0 atom stereocenters. The number of nitrogens with two attached hydrogens (primary N) is 2. The van der Waals surface area contributed by atoms with E-state index < -0.39 is 0 Å². The molecule has 1 rings (SSSR count). The second-order valence-electron chi connectivity index (χ2n) is 2.65. The second kappa shape index (κ2) is 4.47. The van der Waals surface area contributed by atoms with Crippen molar-refractivity contribution in [3.05, 3.63) is 23.8 Å². The average Bonchev–Trinajstić information content (AvgIpc) is 2.15. The first-order valence-electron chi connectivity index (χ1n) is 4.03. The lowest BCUT2D eigenvalue weighted by molar-refractivity contribution is -0.538. The highest BCUT2D eigenvalue weighted by Gasteiger charge is 2.01. The van der Waals surface area contributed by atoms with Crippen LogP contribution in [-0.4, -0.2) is 13.8 Å². The molecule has 0 heterocycles. The van der Waals surface area contributed by atoms with Crippen LogP contribution in [0.25, 0.3) is 0 Å². The van der Waals surface area contributed by atoms with Crippen molar-refractivity contribution in [1.29, 1.82) is 0 Å². The lowest BCUT2D eigenvalue weighted by Crippen LogP contribution is -2.72. The van der Waals surface area contributed by atoms with Gasteiger partial charge in [-0.1, -0.05) is 0 Å².